The Hall–Kier alpha value is -2.94. The average Bonchev–Trinajstić information content (AvgIpc) is 2.61. The summed E-state index contributed by atoms with van der Waals surface area (Å²) in [5.74, 6) is -1.28. The topological polar surface area (TPSA) is 119 Å². The third-order valence-corrected chi connectivity index (χ3v) is 4.40. The molecule has 0 saturated carbocycles. The van der Waals surface area contributed by atoms with Gasteiger partial charge < -0.3 is 15.2 Å². The zero-order chi connectivity index (χ0) is 19.1. The van der Waals surface area contributed by atoms with E-state index < -0.39 is 23.0 Å². The lowest BCUT2D eigenvalue weighted by Crippen LogP contribution is -2.42. The molecule has 0 radical (unpaired) electrons. The molecule has 2 aromatic rings. The predicted molar refractivity (Wildman–Crippen MR) is 95.7 cm³/mol. The smallest absolute Gasteiger partial charge is 0.408 e. The van der Waals surface area contributed by atoms with Gasteiger partial charge in [-0.05, 0) is 27.1 Å². The molecule has 0 saturated heterocycles. The van der Waals surface area contributed by atoms with Crippen LogP contribution < -0.4 is 5.32 Å². The lowest BCUT2D eigenvalue weighted by molar-refractivity contribution is -0.385. The molecule has 2 N–H and O–H groups in total. The van der Waals surface area contributed by atoms with Crippen molar-refractivity contribution in [1.29, 1.82) is 0 Å². The van der Waals surface area contributed by atoms with Crippen LogP contribution >= 0.6 is 15.9 Å². The van der Waals surface area contributed by atoms with Crippen molar-refractivity contribution in [3.8, 4) is 0 Å². The molecule has 0 bridgehead atoms. The molecule has 1 amide bonds. The van der Waals surface area contributed by atoms with Gasteiger partial charge in [-0.25, -0.2) is 9.59 Å². The first kappa shape index (κ1) is 19.4. The van der Waals surface area contributed by atoms with Crippen molar-refractivity contribution in [3.63, 3.8) is 0 Å². The third kappa shape index (κ3) is 5.28. The van der Waals surface area contributed by atoms with Crippen LogP contribution in [0.1, 0.15) is 11.1 Å². The summed E-state index contributed by atoms with van der Waals surface area (Å²) in [6.07, 6.45) is -1.03. The van der Waals surface area contributed by atoms with Gasteiger partial charge in [-0.2, -0.15) is 0 Å². The number of hydrogen-bond acceptors (Lipinski definition) is 5. The number of amides is 1. The molecule has 0 heterocycles. The Morgan fingerprint density at radius 2 is 1.88 bits per heavy atom. The van der Waals surface area contributed by atoms with Crippen LogP contribution in [0.5, 0.6) is 0 Å². The molecule has 26 heavy (non-hydrogen) atoms. The first-order valence-corrected chi connectivity index (χ1v) is 8.29. The summed E-state index contributed by atoms with van der Waals surface area (Å²) in [4.78, 5) is 33.7. The maximum Gasteiger partial charge on any atom is 0.408 e. The summed E-state index contributed by atoms with van der Waals surface area (Å²) >= 11 is 3.11. The minimum atomic E-state index is -1.29. The number of carboxylic acids is 1. The minimum absolute atomic E-state index is 0.000481. The standard InChI is InChI=1S/C17H15BrN2O6/c18-15-12(7-4-8-14(15)20(24)25)9-13(16(21)22)19-17(23)26-10-11-5-2-1-3-6-11/h1-8,13H,9-10H2,(H,19,23)(H,21,22). The lowest BCUT2D eigenvalue weighted by atomic mass is 10.1. The number of nitrogens with zero attached hydrogens (tertiary/aromatic N) is 1. The van der Waals surface area contributed by atoms with E-state index in [9.17, 15) is 24.8 Å². The highest BCUT2D eigenvalue weighted by Crippen LogP contribution is 2.29. The number of alkyl carbamates (subject to hydrolysis) is 1. The summed E-state index contributed by atoms with van der Waals surface area (Å²) in [5.41, 5.74) is 0.962. The van der Waals surface area contributed by atoms with Crippen LogP contribution in [0.3, 0.4) is 0 Å². The normalized spacial score (nSPS) is 11.4. The Morgan fingerprint density at radius 3 is 2.50 bits per heavy atom. The van der Waals surface area contributed by atoms with E-state index in [1.165, 1.54) is 12.1 Å². The van der Waals surface area contributed by atoms with Crippen LogP contribution in [0.25, 0.3) is 0 Å². The second-order valence-electron chi connectivity index (χ2n) is 5.31. The Bertz CT molecular complexity index is 812. The van der Waals surface area contributed by atoms with Crippen molar-refractivity contribution in [2.24, 2.45) is 0 Å². The highest BCUT2D eigenvalue weighted by Gasteiger charge is 2.24. The fraction of sp³-hybridized carbons (Fsp3) is 0.176. The predicted octanol–water partition coefficient (Wildman–Crippen LogP) is 3.28. The number of carbonyl (C=O) groups excluding carboxylic acids is 1. The summed E-state index contributed by atoms with van der Waals surface area (Å²) in [7, 11) is 0. The number of nitro benzene ring substituents is 1. The van der Waals surface area contributed by atoms with Gasteiger partial charge in [-0.1, -0.05) is 42.5 Å². The van der Waals surface area contributed by atoms with Crippen LogP contribution in [0, 0.1) is 10.1 Å². The summed E-state index contributed by atoms with van der Waals surface area (Å²) in [5, 5.41) is 22.5. The van der Waals surface area contributed by atoms with E-state index >= 15 is 0 Å². The number of rotatable bonds is 7. The molecule has 9 heteroatoms. The number of benzene rings is 2. The van der Waals surface area contributed by atoms with Crippen molar-refractivity contribution < 1.29 is 24.4 Å². The molecule has 2 aromatic carbocycles. The molecule has 0 aliphatic heterocycles. The van der Waals surface area contributed by atoms with E-state index in [0.29, 0.717) is 5.56 Å². The molecule has 0 fully saturated rings. The average molecular weight is 423 g/mol. The summed E-state index contributed by atoms with van der Waals surface area (Å²) in [6, 6.07) is 11.9. The number of ether oxygens (including phenoxy) is 1. The largest absolute Gasteiger partial charge is 0.480 e. The van der Waals surface area contributed by atoms with E-state index in [4.69, 9.17) is 4.74 Å². The number of hydrogen-bond donors (Lipinski definition) is 2. The molecule has 0 aliphatic carbocycles. The van der Waals surface area contributed by atoms with E-state index in [1.54, 1.807) is 30.3 Å². The van der Waals surface area contributed by atoms with Crippen molar-refractivity contribution >= 4 is 33.7 Å². The zero-order valence-corrected chi connectivity index (χ0v) is 15.0. The maximum absolute atomic E-state index is 11.9. The number of carboxylic acid groups (broad SMARTS) is 1. The first-order chi connectivity index (χ1) is 12.4. The van der Waals surface area contributed by atoms with Crippen LogP contribution in [0.15, 0.2) is 53.0 Å². The van der Waals surface area contributed by atoms with Gasteiger partial charge in [0.2, 0.25) is 0 Å². The summed E-state index contributed by atoms with van der Waals surface area (Å²) in [6.45, 7) is -0.000481. The highest BCUT2D eigenvalue weighted by atomic mass is 79.9. The van der Waals surface area contributed by atoms with Crippen molar-refractivity contribution in [3.05, 3.63) is 74.2 Å². The number of aliphatic carboxylic acids is 1. The maximum atomic E-state index is 11.9. The molecule has 1 unspecified atom stereocenters. The molecule has 1 atom stereocenters. The molecule has 8 nitrogen and oxygen atoms in total. The molecule has 2 rings (SSSR count). The first-order valence-electron chi connectivity index (χ1n) is 7.50. The lowest BCUT2D eigenvalue weighted by Gasteiger charge is -2.15. The van der Waals surface area contributed by atoms with Crippen molar-refractivity contribution in [2.75, 3.05) is 0 Å². The van der Waals surface area contributed by atoms with Gasteiger partial charge in [0, 0.05) is 12.5 Å². The van der Waals surface area contributed by atoms with E-state index in [1.807, 2.05) is 6.07 Å². The molecule has 136 valence electrons. The van der Waals surface area contributed by atoms with Crippen LogP contribution in [0.2, 0.25) is 0 Å². The van der Waals surface area contributed by atoms with Crippen molar-refractivity contribution in [1.82, 2.24) is 5.32 Å². The minimum Gasteiger partial charge on any atom is -0.480 e. The highest BCUT2D eigenvalue weighted by molar-refractivity contribution is 9.10. The Labute approximate surface area is 157 Å². The van der Waals surface area contributed by atoms with Crippen LogP contribution in [0.4, 0.5) is 10.5 Å². The Balaban J connectivity index is 2.03. The number of nitro groups is 1. The van der Waals surface area contributed by atoms with Crippen molar-refractivity contribution in [2.45, 2.75) is 19.1 Å². The molecule has 0 aliphatic rings. The third-order valence-electron chi connectivity index (χ3n) is 3.48. The zero-order valence-electron chi connectivity index (χ0n) is 13.4. The van der Waals surface area contributed by atoms with Gasteiger partial charge in [-0.15, -0.1) is 0 Å². The monoisotopic (exact) mass is 422 g/mol. The quantitative estimate of drug-likeness (QED) is 0.521. The molecule has 0 spiro atoms. The van der Waals surface area contributed by atoms with Gasteiger partial charge >= 0.3 is 12.1 Å². The molecular weight excluding hydrogens is 408 g/mol. The summed E-state index contributed by atoms with van der Waals surface area (Å²) < 4.78 is 5.18. The van der Waals surface area contributed by atoms with Gasteiger partial charge in [0.05, 0.1) is 9.40 Å². The van der Waals surface area contributed by atoms with E-state index in [-0.39, 0.29) is 23.2 Å². The van der Waals surface area contributed by atoms with Gasteiger partial charge in [0.15, 0.2) is 0 Å². The van der Waals surface area contributed by atoms with Gasteiger partial charge in [0.1, 0.15) is 12.6 Å². The van der Waals surface area contributed by atoms with Crippen LogP contribution in [-0.2, 0) is 22.6 Å². The van der Waals surface area contributed by atoms with Gasteiger partial charge in [0.25, 0.3) is 5.69 Å². The number of carbonyl (C=O) groups is 2. The Kier molecular flexibility index (Phi) is 6.67. The van der Waals surface area contributed by atoms with E-state index in [0.717, 1.165) is 5.56 Å². The Morgan fingerprint density at radius 1 is 1.19 bits per heavy atom. The fourth-order valence-corrected chi connectivity index (χ4v) is 2.76. The van der Waals surface area contributed by atoms with E-state index in [2.05, 4.69) is 21.2 Å². The molecule has 0 aromatic heterocycles. The second-order valence-corrected chi connectivity index (χ2v) is 6.10. The SMILES string of the molecule is O=C(NC(Cc1cccc([N+](=O)[O-])c1Br)C(=O)O)OCc1ccccc1. The van der Waals surface area contributed by atoms with Crippen LogP contribution in [-0.4, -0.2) is 28.1 Å². The van der Waals surface area contributed by atoms with Gasteiger partial charge in [-0.3, -0.25) is 10.1 Å². The number of halogens is 1. The fourth-order valence-electron chi connectivity index (χ4n) is 2.19. The second kappa shape index (κ2) is 8.95. The molecular formula is C17H15BrN2O6. The number of nitrogens with one attached hydrogen (secondary N) is 1.